The van der Waals surface area contributed by atoms with Crippen molar-refractivity contribution in [2.24, 2.45) is 0 Å². The van der Waals surface area contributed by atoms with E-state index in [1.54, 1.807) is 6.92 Å². The Morgan fingerprint density at radius 1 is 1.61 bits per heavy atom. The number of hydrogen-bond acceptors (Lipinski definition) is 4. The Bertz CT molecular complexity index is 684. The molecule has 0 saturated carbocycles. The van der Waals surface area contributed by atoms with Gasteiger partial charge in [0.05, 0.1) is 12.0 Å². The van der Waals surface area contributed by atoms with E-state index < -0.39 is 22.5 Å². The predicted molar refractivity (Wildman–Crippen MR) is 63.4 cm³/mol. The van der Waals surface area contributed by atoms with Gasteiger partial charge in [-0.3, -0.25) is 4.79 Å². The molecule has 0 aliphatic carbocycles. The molecule has 0 aliphatic heterocycles. The first kappa shape index (κ1) is 12.5. The largest absolute Gasteiger partial charge is 0.449 e. The number of hydrogen-bond donors (Lipinski definition) is 0. The Morgan fingerprint density at radius 2 is 2.33 bits per heavy atom. The van der Waals surface area contributed by atoms with Crippen LogP contribution in [0.2, 0.25) is 5.15 Å². The third-order valence-corrected chi connectivity index (χ3v) is 2.51. The Labute approximate surface area is 106 Å². The molecular formula is C11H8ClFN2O3. The summed E-state index contributed by atoms with van der Waals surface area (Å²) in [5.41, 5.74) is -0.485. The van der Waals surface area contributed by atoms with E-state index in [0.717, 1.165) is 16.7 Å². The van der Waals surface area contributed by atoms with Crippen LogP contribution < -0.4 is 5.43 Å². The Hall–Kier alpha value is -1.95. The lowest BCUT2D eigenvalue weighted by Gasteiger charge is -2.08. The summed E-state index contributed by atoms with van der Waals surface area (Å²) < 4.78 is 19.0. The third-order valence-electron chi connectivity index (χ3n) is 2.25. The molecule has 0 N–H and O–H groups in total. The lowest BCUT2D eigenvalue weighted by atomic mass is 10.3. The second-order valence-corrected chi connectivity index (χ2v) is 3.74. The average Bonchev–Trinajstić information content (AvgIpc) is 2.32. The minimum Gasteiger partial charge on any atom is -0.449 e. The van der Waals surface area contributed by atoms with Gasteiger partial charge >= 0.3 is 6.09 Å². The monoisotopic (exact) mass is 270 g/mol. The lowest BCUT2D eigenvalue weighted by Crippen LogP contribution is -2.18. The van der Waals surface area contributed by atoms with E-state index in [0.29, 0.717) is 0 Å². The van der Waals surface area contributed by atoms with Crippen LogP contribution in [0.5, 0.6) is 0 Å². The van der Waals surface area contributed by atoms with Gasteiger partial charge in [0.2, 0.25) is 0 Å². The number of carbonyl (C=O) groups excluding carboxylic acids is 1. The van der Waals surface area contributed by atoms with E-state index in [1.165, 1.54) is 6.20 Å². The van der Waals surface area contributed by atoms with Gasteiger partial charge in [0.15, 0.2) is 22.0 Å². The topological polar surface area (TPSA) is 61.2 Å². The van der Waals surface area contributed by atoms with E-state index >= 15 is 0 Å². The molecule has 2 aromatic heterocycles. The number of fused-ring (bicyclic) bond motifs is 1. The maximum Gasteiger partial charge on any atom is 0.419 e. The van der Waals surface area contributed by atoms with Crippen molar-refractivity contribution in [1.82, 2.24) is 9.55 Å². The van der Waals surface area contributed by atoms with Gasteiger partial charge in [-0.15, -0.1) is 0 Å². The minimum absolute atomic E-state index is 0.0348. The van der Waals surface area contributed by atoms with Gasteiger partial charge in [-0.05, 0) is 13.0 Å². The van der Waals surface area contributed by atoms with Gasteiger partial charge in [0.25, 0.3) is 0 Å². The highest BCUT2D eigenvalue weighted by molar-refractivity contribution is 6.29. The molecule has 0 spiro atoms. The fraction of sp³-hybridized carbons (Fsp3) is 0.182. The fourth-order valence-corrected chi connectivity index (χ4v) is 1.60. The van der Waals surface area contributed by atoms with Gasteiger partial charge < -0.3 is 4.74 Å². The fourth-order valence-electron chi connectivity index (χ4n) is 1.47. The van der Waals surface area contributed by atoms with Crippen LogP contribution in [0.1, 0.15) is 6.92 Å². The second-order valence-electron chi connectivity index (χ2n) is 3.38. The first-order chi connectivity index (χ1) is 8.54. The smallest absolute Gasteiger partial charge is 0.419 e. The zero-order valence-corrected chi connectivity index (χ0v) is 10.1. The summed E-state index contributed by atoms with van der Waals surface area (Å²) in [5.74, 6) is -0.817. The third kappa shape index (κ3) is 2.06. The van der Waals surface area contributed by atoms with Crippen LogP contribution in [0, 0.1) is 5.82 Å². The van der Waals surface area contributed by atoms with Crippen LogP contribution in [0.3, 0.4) is 0 Å². The van der Waals surface area contributed by atoms with Crippen molar-refractivity contribution in [3.63, 3.8) is 0 Å². The van der Waals surface area contributed by atoms with Crippen LogP contribution in [0.15, 0.2) is 23.1 Å². The van der Waals surface area contributed by atoms with Crippen LogP contribution in [-0.2, 0) is 4.74 Å². The standard InChI is InChI=1S/C11H8ClFN2O3/c1-2-18-11(17)15-4-3-8(16)6-5-7(13)9(12)14-10(6)15/h3-5H,2H2,1H3. The Balaban J connectivity index is 2.77. The number of halogens is 2. The molecule has 0 unspecified atom stereocenters. The molecule has 2 heterocycles. The minimum atomic E-state index is -0.817. The molecule has 2 aromatic rings. The van der Waals surface area contributed by atoms with Gasteiger partial charge in [-0.2, -0.15) is 0 Å². The zero-order chi connectivity index (χ0) is 13.3. The quantitative estimate of drug-likeness (QED) is 0.745. The normalized spacial score (nSPS) is 10.6. The summed E-state index contributed by atoms with van der Waals surface area (Å²) in [6.07, 6.45) is 0.502. The van der Waals surface area contributed by atoms with Crippen LogP contribution in [-0.4, -0.2) is 22.3 Å². The number of aromatic nitrogens is 2. The van der Waals surface area contributed by atoms with Gasteiger partial charge in [-0.1, -0.05) is 11.6 Å². The Kier molecular flexibility index (Phi) is 3.29. The highest BCUT2D eigenvalue weighted by Crippen LogP contribution is 2.16. The molecule has 0 aromatic carbocycles. The van der Waals surface area contributed by atoms with E-state index in [1.807, 2.05) is 0 Å². The lowest BCUT2D eigenvalue weighted by molar-refractivity contribution is 0.154. The van der Waals surface area contributed by atoms with E-state index in [2.05, 4.69) is 4.98 Å². The Morgan fingerprint density at radius 3 is 3.00 bits per heavy atom. The summed E-state index contributed by atoms with van der Waals surface area (Å²) in [6.45, 7) is 1.81. The maximum absolute atomic E-state index is 13.3. The van der Waals surface area contributed by atoms with Crippen LogP contribution in [0.25, 0.3) is 11.0 Å². The van der Waals surface area contributed by atoms with Crippen molar-refractivity contribution in [2.45, 2.75) is 6.92 Å². The molecule has 0 atom stereocenters. The maximum atomic E-state index is 13.3. The molecule has 5 nitrogen and oxygen atoms in total. The molecule has 0 fully saturated rings. The van der Waals surface area contributed by atoms with Crippen molar-refractivity contribution < 1.29 is 13.9 Å². The predicted octanol–water partition coefficient (Wildman–Crippen LogP) is 2.19. The first-order valence-electron chi connectivity index (χ1n) is 5.09. The number of pyridine rings is 2. The number of ether oxygens (including phenoxy) is 1. The summed E-state index contributed by atoms with van der Waals surface area (Å²) in [4.78, 5) is 26.9. The van der Waals surface area contributed by atoms with Crippen LogP contribution in [0.4, 0.5) is 9.18 Å². The summed E-state index contributed by atoms with van der Waals surface area (Å²) in [7, 11) is 0. The zero-order valence-electron chi connectivity index (χ0n) is 9.31. The van der Waals surface area contributed by atoms with Crippen molar-refractivity contribution in [2.75, 3.05) is 6.61 Å². The molecule has 0 radical (unpaired) electrons. The van der Waals surface area contributed by atoms with Crippen molar-refractivity contribution in [3.05, 3.63) is 39.5 Å². The van der Waals surface area contributed by atoms with E-state index in [4.69, 9.17) is 16.3 Å². The molecule has 7 heteroatoms. The number of nitrogens with zero attached hydrogens (tertiary/aromatic N) is 2. The molecule has 0 aliphatic rings. The van der Waals surface area contributed by atoms with Gasteiger partial charge in [0, 0.05) is 12.3 Å². The summed E-state index contributed by atoms with van der Waals surface area (Å²) in [6, 6.07) is 2.08. The van der Waals surface area contributed by atoms with E-state index in [9.17, 15) is 14.0 Å². The summed E-state index contributed by atoms with van der Waals surface area (Å²) in [5, 5.41) is -0.446. The van der Waals surface area contributed by atoms with Crippen LogP contribution >= 0.6 is 11.6 Å². The average molecular weight is 271 g/mol. The van der Waals surface area contributed by atoms with Crippen molar-refractivity contribution in [3.8, 4) is 0 Å². The molecule has 0 amide bonds. The second kappa shape index (κ2) is 4.73. The SMILES string of the molecule is CCOC(=O)n1ccc(=O)c2cc(F)c(Cl)nc21. The highest BCUT2D eigenvalue weighted by Gasteiger charge is 2.14. The molecule has 94 valence electrons. The highest BCUT2D eigenvalue weighted by atomic mass is 35.5. The van der Waals surface area contributed by atoms with Gasteiger partial charge in [-0.25, -0.2) is 18.7 Å². The molecular weight excluding hydrogens is 263 g/mol. The van der Waals surface area contributed by atoms with E-state index in [-0.39, 0.29) is 17.6 Å². The van der Waals surface area contributed by atoms with Gasteiger partial charge in [0.1, 0.15) is 0 Å². The summed E-state index contributed by atoms with van der Waals surface area (Å²) >= 11 is 5.54. The number of carbonyl (C=O) groups is 1. The molecule has 0 bridgehead atoms. The molecule has 18 heavy (non-hydrogen) atoms. The van der Waals surface area contributed by atoms with Crippen molar-refractivity contribution in [1.29, 1.82) is 0 Å². The van der Waals surface area contributed by atoms with Crippen molar-refractivity contribution >= 4 is 28.7 Å². The number of rotatable bonds is 1. The molecule has 0 saturated heterocycles. The first-order valence-corrected chi connectivity index (χ1v) is 5.47. The molecule has 2 rings (SSSR count).